The number of nitrogen functional groups attached to an aromatic ring is 1. The van der Waals surface area contributed by atoms with Crippen molar-refractivity contribution in [2.24, 2.45) is 0 Å². The molecule has 1 aromatic rings. The summed E-state index contributed by atoms with van der Waals surface area (Å²) in [5.41, 5.74) is 7.13. The van der Waals surface area contributed by atoms with Crippen molar-refractivity contribution >= 4 is 11.4 Å². The van der Waals surface area contributed by atoms with Crippen LogP contribution in [0.4, 0.5) is 15.8 Å². The van der Waals surface area contributed by atoms with E-state index in [1.807, 2.05) is 6.92 Å². The molecule has 1 aromatic carbocycles. The van der Waals surface area contributed by atoms with E-state index in [4.69, 9.17) is 10.5 Å². The lowest BCUT2D eigenvalue weighted by Crippen LogP contribution is -2.42. The standard InChI is InChI=1S/C16H26FN3O/c1-4-7-21-16-10-15(14(18)9-13(16)17)19-12-5-6-20(3)11(2)8-12/h9-12,19H,4-8,18H2,1-3H3. The zero-order valence-electron chi connectivity index (χ0n) is 13.2. The second kappa shape index (κ2) is 6.98. The lowest BCUT2D eigenvalue weighted by Gasteiger charge is -2.36. The van der Waals surface area contributed by atoms with Gasteiger partial charge in [0, 0.05) is 30.8 Å². The summed E-state index contributed by atoms with van der Waals surface area (Å²) in [5, 5.41) is 3.45. The molecule has 4 nitrogen and oxygen atoms in total. The third-order valence-electron chi connectivity index (χ3n) is 4.13. The number of hydrogen-bond acceptors (Lipinski definition) is 4. The quantitative estimate of drug-likeness (QED) is 0.820. The molecule has 5 heteroatoms. The van der Waals surface area contributed by atoms with Gasteiger partial charge in [-0.25, -0.2) is 4.39 Å². The molecule has 0 aliphatic carbocycles. The molecule has 21 heavy (non-hydrogen) atoms. The molecule has 1 saturated heterocycles. The summed E-state index contributed by atoms with van der Waals surface area (Å²) in [6.45, 7) is 5.77. The van der Waals surface area contributed by atoms with Gasteiger partial charge in [-0.2, -0.15) is 0 Å². The molecule has 0 bridgehead atoms. The number of nitrogens with two attached hydrogens (primary N) is 1. The van der Waals surface area contributed by atoms with Crippen LogP contribution in [0.3, 0.4) is 0 Å². The predicted octanol–water partition coefficient (Wildman–Crippen LogP) is 3.09. The average Bonchev–Trinajstić information content (AvgIpc) is 2.44. The van der Waals surface area contributed by atoms with E-state index in [0.717, 1.165) is 31.5 Å². The van der Waals surface area contributed by atoms with Gasteiger partial charge in [0.25, 0.3) is 0 Å². The molecule has 3 N–H and O–H groups in total. The lowest BCUT2D eigenvalue weighted by atomic mass is 9.98. The van der Waals surface area contributed by atoms with Gasteiger partial charge in [0.2, 0.25) is 0 Å². The van der Waals surface area contributed by atoms with E-state index < -0.39 is 5.82 Å². The van der Waals surface area contributed by atoms with Crippen LogP contribution in [0, 0.1) is 5.82 Å². The van der Waals surface area contributed by atoms with Crippen molar-refractivity contribution in [2.75, 3.05) is 31.2 Å². The topological polar surface area (TPSA) is 50.5 Å². The Balaban J connectivity index is 2.08. The first kappa shape index (κ1) is 15.9. The summed E-state index contributed by atoms with van der Waals surface area (Å²) in [4.78, 5) is 2.35. The molecule has 1 heterocycles. The van der Waals surface area contributed by atoms with Crippen molar-refractivity contribution in [1.29, 1.82) is 0 Å². The maximum atomic E-state index is 13.8. The van der Waals surface area contributed by atoms with Crippen molar-refractivity contribution in [1.82, 2.24) is 4.90 Å². The summed E-state index contributed by atoms with van der Waals surface area (Å²) >= 11 is 0. The Kier molecular flexibility index (Phi) is 5.28. The van der Waals surface area contributed by atoms with E-state index in [1.54, 1.807) is 6.07 Å². The summed E-state index contributed by atoms with van der Waals surface area (Å²) in [7, 11) is 2.14. The van der Waals surface area contributed by atoms with E-state index in [9.17, 15) is 4.39 Å². The monoisotopic (exact) mass is 295 g/mol. The highest BCUT2D eigenvalue weighted by molar-refractivity contribution is 5.69. The molecule has 2 rings (SSSR count). The molecule has 0 spiro atoms. The van der Waals surface area contributed by atoms with Crippen molar-refractivity contribution in [3.63, 3.8) is 0 Å². The minimum absolute atomic E-state index is 0.273. The number of anilines is 2. The fourth-order valence-corrected chi connectivity index (χ4v) is 2.66. The maximum absolute atomic E-state index is 13.8. The molecule has 2 atom stereocenters. The van der Waals surface area contributed by atoms with Gasteiger partial charge in [0.05, 0.1) is 18.0 Å². The first-order chi connectivity index (χ1) is 10.0. The highest BCUT2D eigenvalue weighted by Gasteiger charge is 2.23. The Bertz CT molecular complexity index is 481. The number of benzene rings is 1. The predicted molar refractivity (Wildman–Crippen MR) is 85.3 cm³/mol. The van der Waals surface area contributed by atoms with E-state index in [-0.39, 0.29) is 5.75 Å². The van der Waals surface area contributed by atoms with Crippen LogP contribution in [-0.4, -0.2) is 37.2 Å². The molecule has 1 aliphatic rings. The van der Waals surface area contributed by atoms with Crippen LogP contribution in [0.25, 0.3) is 0 Å². The van der Waals surface area contributed by atoms with Crippen LogP contribution in [0.1, 0.15) is 33.1 Å². The van der Waals surface area contributed by atoms with Gasteiger partial charge in [-0.15, -0.1) is 0 Å². The zero-order chi connectivity index (χ0) is 15.4. The molecule has 0 saturated carbocycles. The normalized spacial score (nSPS) is 23.0. The Labute approximate surface area is 126 Å². The molecule has 1 fully saturated rings. The molecule has 1 aliphatic heterocycles. The van der Waals surface area contributed by atoms with Crippen molar-refractivity contribution in [3.8, 4) is 5.75 Å². The number of nitrogens with zero attached hydrogens (tertiary/aromatic N) is 1. The minimum Gasteiger partial charge on any atom is -0.490 e. The van der Waals surface area contributed by atoms with E-state index in [2.05, 4.69) is 24.2 Å². The Morgan fingerprint density at radius 2 is 2.24 bits per heavy atom. The minimum atomic E-state index is -0.400. The fraction of sp³-hybridized carbons (Fsp3) is 0.625. The number of halogens is 1. The third-order valence-corrected chi connectivity index (χ3v) is 4.13. The first-order valence-corrected chi connectivity index (χ1v) is 7.69. The SMILES string of the molecule is CCCOc1cc(NC2CCN(C)C(C)C2)c(N)cc1F. The van der Waals surface area contributed by atoms with Crippen LogP contribution in [-0.2, 0) is 0 Å². The summed E-state index contributed by atoms with van der Waals surface area (Å²) in [6.07, 6.45) is 2.96. The molecular weight excluding hydrogens is 269 g/mol. The Morgan fingerprint density at radius 1 is 1.48 bits per heavy atom. The lowest BCUT2D eigenvalue weighted by molar-refractivity contribution is 0.190. The highest BCUT2D eigenvalue weighted by atomic mass is 19.1. The number of hydrogen-bond donors (Lipinski definition) is 2. The molecule has 0 radical (unpaired) electrons. The van der Waals surface area contributed by atoms with Crippen LogP contribution in [0.2, 0.25) is 0 Å². The Morgan fingerprint density at radius 3 is 2.90 bits per heavy atom. The molecule has 0 amide bonds. The van der Waals surface area contributed by atoms with Gasteiger partial charge in [-0.05, 0) is 33.2 Å². The van der Waals surface area contributed by atoms with E-state index in [0.29, 0.717) is 24.4 Å². The number of nitrogens with one attached hydrogen (secondary N) is 1. The Hall–Kier alpha value is -1.49. The van der Waals surface area contributed by atoms with Gasteiger partial charge < -0.3 is 20.7 Å². The molecule has 0 aromatic heterocycles. The largest absolute Gasteiger partial charge is 0.490 e. The second-order valence-corrected chi connectivity index (χ2v) is 5.91. The van der Waals surface area contributed by atoms with Gasteiger partial charge in [0.15, 0.2) is 11.6 Å². The zero-order valence-corrected chi connectivity index (χ0v) is 13.2. The average molecular weight is 295 g/mol. The highest BCUT2D eigenvalue weighted by Crippen LogP contribution is 2.30. The van der Waals surface area contributed by atoms with Crippen molar-refractivity contribution < 1.29 is 9.13 Å². The van der Waals surface area contributed by atoms with Crippen LogP contribution >= 0.6 is 0 Å². The van der Waals surface area contributed by atoms with Gasteiger partial charge in [-0.3, -0.25) is 0 Å². The number of rotatable bonds is 5. The summed E-state index contributed by atoms with van der Waals surface area (Å²) in [6, 6.07) is 3.92. The van der Waals surface area contributed by atoms with Gasteiger partial charge in [-0.1, -0.05) is 6.92 Å². The van der Waals surface area contributed by atoms with Crippen LogP contribution < -0.4 is 15.8 Å². The van der Waals surface area contributed by atoms with Crippen LogP contribution in [0.15, 0.2) is 12.1 Å². The number of likely N-dealkylation sites (tertiary alicyclic amines) is 1. The van der Waals surface area contributed by atoms with Gasteiger partial charge >= 0.3 is 0 Å². The molecular formula is C16H26FN3O. The smallest absolute Gasteiger partial charge is 0.167 e. The third kappa shape index (κ3) is 4.00. The molecule has 2 unspecified atom stereocenters. The summed E-state index contributed by atoms with van der Waals surface area (Å²) < 4.78 is 19.2. The van der Waals surface area contributed by atoms with Crippen LogP contribution in [0.5, 0.6) is 5.75 Å². The van der Waals surface area contributed by atoms with E-state index in [1.165, 1.54) is 6.07 Å². The van der Waals surface area contributed by atoms with E-state index >= 15 is 0 Å². The number of ether oxygens (including phenoxy) is 1. The summed E-state index contributed by atoms with van der Waals surface area (Å²) in [5.74, 6) is -0.127. The fourth-order valence-electron chi connectivity index (χ4n) is 2.66. The number of piperidine rings is 1. The molecule has 118 valence electrons. The first-order valence-electron chi connectivity index (χ1n) is 7.69. The second-order valence-electron chi connectivity index (χ2n) is 5.91. The van der Waals surface area contributed by atoms with Gasteiger partial charge in [0.1, 0.15) is 0 Å². The van der Waals surface area contributed by atoms with Crippen molar-refractivity contribution in [3.05, 3.63) is 17.9 Å². The van der Waals surface area contributed by atoms with Crippen molar-refractivity contribution in [2.45, 2.75) is 45.2 Å². The maximum Gasteiger partial charge on any atom is 0.167 e.